The van der Waals surface area contributed by atoms with E-state index in [1.54, 1.807) is 0 Å². The number of hydrogen-bond acceptors (Lipinski definition) is 3. The molecule has 1 aliphatic rings. The number of nitrogens with one attached hydrogen (secondary N) is 1. The Balaban J connectivity index is 2.20. The van der Waals surface area contributed by atoms with Gasteiger partial charge in [-0.1, -0.05) is 13.8 Å². The third-order valence-corrected chi connectivity index (χ3v) is 3.27. The van der Waals surface area contributed by atoms with Crippen LogP contribution in [0.25, 0.3) is 0 Å². The van der Waals surface area contributed by atoms with Crippen molar-refractivity contribution in [3.63, 3.8) is 0 Å². The zero-order valence-electron chi connectivity index (χ0n) is 10.5. The van der Waals surface area contributed by atoms with Crippen LogP contribution >= 0.6 is 0 Å². The average Bonchev–Trinajstić information content (AvgIpc) is 2.60. The van der Waals surface area contributed by atoms with Crippen molar-refractivity contribution in [2.75, 3.05) is 25.0 Å². The van der Waals surface area contributed by atoms with Gasteiger partial charge in [-0.15, -0.1) is 0 Å². The summed E-state index contributed by atoms with van der Waals surface area (Å²) in [4.78, 5) is 6.71. The second-order valence-corrected chi connectivity index (χ2v) is 5.37. The van der Waals surface area contributed by atoms with Gasteiger partial charge in [0, 0.05) is 25.8 Å². The highest BCUT2D eigenvalue weighted by molar-refractivity contribution is 5.52. The third kappa shape index (κ3) is 2.35. The van der Waals surface area contributed by atoms with Crippen LogP contribution in [-0.4, -0.2) is 25.1 Å². The van der Waals surface area contributed by atoms with E-state index in [4.69, 9.17) is 0 Å². The van der Waals surface area contributed by atoms with Crippen LogP contribution in [0.15, 0.2) is 18.5 Å². The first-order valence-corrected chi connectivity index (χ1v) is 5.95. The Bertz CT molecular complexity index is 360. The fourth-order valence-corrected chi connectivity index (χ4v) is 2.36. The Morgan fingerprint density at radius 3 is 2.94 bits per heavy atom. The summed E-state index contributed by atoms with van der Waals surface area (Å²) in [6.45, 7) is 7.86. The van der Waals surface area contributed by atoms with Crippen LogP contribution in [0.4, 0.5) is 5.69 Å². The van der Waals surface area contributed by atoms with Crippen molar-refractivity contribution in [1.82, 2.24) is 10.3 Å². The first-order valence-electron chi connectivity index (χ1n) is 5.95. The molecule has 0 aromatic carbocycles. The van der Waals surface area contributed by atoms with Gasteiger partial charge in [0.15, 0.2) is 0 Å². The number of aromatic nitrogens is 1. The molecule has 1 aromatic rings. The normalized spacial score (nSPS) is 19.1. The quantitative estimate of drug-likeness (QED) is 0.843. The SMILES string of the molecule is CNCc1ccncc1N1CCC(C)(C)C1. The number of anilines is 1. The molecule has 3 nitrogen and oxygen atoms in total. The summed E-state index contributed by atoms with van der Waals surface area (Å²) in [5, 5.41) is 3.21. The largest absolute Gasteiger partial charge is 0.369 e. The predicted octanol–water partition coefficient (Wildman–Crippen LogP) is 2.04. The van der Waals surface area contributed by atoms with E-state index in [0.717, 1.165) is 19.6 Å². The molecular formula is C13H21N3. The Hall–Kier alpha value is -1.09. The van der Waals surface area contributed by atoms with E-state index in [-0.39, 0.29) is 0 Å². The van der Waals surface area contributed by atoms with Crippen LogP contribution < -0.4 is 10.2 Å². The molecule has 88 valence electrons. The van der Waals surface area contributed by atoms with E-state index >= 15 is 0 Å². The maximum atomic E-state index is 4.25. The lowest BCUT2D eigenvalue weighted by Gasteiger charge is -2.23. The van der Waals surface area contributed by atoms with E-state index in [1.807, 2.05) is 19.4 Å². The second-order valence-electron chi connectivity index (χ2n) is 5.37. The van der Waals surface area contributed by atoms with Crippen LogP contribution in [0.1, 0.15) is 25.8 Å². The van der Waals surface area contributed by atoms with Crippen molar-refractivity contribution >= 4 is 5.69 Å². The maximum Gasteiger partial charge on any atom is 0.0598 e. The van der Waals surface area contributed by atoms with Crippen LogP contribution in [-0.2, 0) is 6.54 Å². The lowest BCUT2D eigenvalue weighted by atomic mass is 9.93. The minimum Gasteiger partial charge on any atom is -0.369 e. The van der Waals surface area contributed by atoms with Gasteiger partial charge in [0.05, 0.1) is 11.9 Å². The third-order valence-electron chi connectivity index (χ3n) is 3.27. The van der Waals surface area contributed by atoms with Crippen molar-refractivity contribution in [2.24, 2.45) is 5.41 Å². The van der Waals surface area contributed by atoms with Gasteiger partial charge >= 0.3 is 0 Å². The van der Waals surface area contributed by atoms with Gasteiger partial charge in [-0.05, 0) is 30.5 Å². The Morgan fingerprint density at radius 1 is 1.50 bits per heavy atom. The zero-order chi connectivity index (χ0) is 11.6. The molecule has 0 saturated carbocycles. The van der Waals surface area contributed by atoms with E-state index < -0.39 is 0 Å². The first kappa shape index (κ1) is 11.4. The lowest BCUT2D eigenvalue weighted by molar-refractivity contribution is 0.418. The molecule has 0 unspecified atom stereocenters. The molecule has 1 aromatic heterocycles. The molecular weight excluding hydrogens is 198 g/mol. The second kappa shape index (κ2) is 4.42. The summed E-state index contributed by atoms with van der Waals surface area (Å²) < 4.78 is 0. The van der Waals surface area contributed by atoms with Gasteiger partial charge in [0.1, 0.15) is 0 Å². The van der Waals surface area contributed by atoms with Gasteiger partial charge in [-0.2, -0.15) is 0 Å². The molecule has 3 heteroatoms. The zero-order valence-corrected chi connectivity index (χ0v) is 10.5. The van der Waals surface area contributed by atoms with Gasteiger partial charge in [0.25, 0.3) is 0 Å². The van der Waals surface area contributed by atoms with Crippen LogP contribution in [0.2, 0.25) is 0 Å². The van der Waals surface area contributed by atoms with Crippen molar-refractivity contribution < 1.29 is 0 Å². The molecule has 0 radical (unpaired) electrons. The van der Waals surface area contributed by atoms with Crippen molar-refractivity contribution in [3.05, 3.63) is 24.0 Å². The average molecular weight is 219 g/mol. The highest BCUT2D eigenvalue weighted by atomic mass is 15.2. The highest BCUT2D eigenvalue weighted by Crippen LogP contribution is 2.33. The van der Waals surface area contributed by atoms with Gasteiger partial charge in [0.2, 0.25) is 0 Å². The molecule has 2 rings (SSSR count). The standard InChI is InChI=1S/C13H21N3/c1-13(2)5-7-16(10-13)12-9-15-6-4-11(12)8-14-3/h4,6,9,14H,5,7-8,10H2,1-3H3. The topological polar surface area (TPSA) is 28.2 Å². The predicted molar refractivity (Wildman–Crippen MR) is 67.6 cm³/mol. The molecule has 0 atom stereocenters. The number of rotatable bonds is 3. The number of nitrogens with zero attached hydrogens (tertiary/aromatic N) is 2. The monoisotopic (exact) mass is 219 g/mol. The lowest BCUT2D eigenvalue weighted by Crippen LogP contribution is -2.24. The Morgan fingerprint density at radius 2 is 2.31 bits per heavy atom. The summed E-state index contributed by atoms with van der Waals surface area (Å²) in [7, 11) is 1.98. The fourth-order valence-electron chi connectivity index (χ4n) is 2.36. The van der Waals surface area contributed by atoms with E-state index in [1.165, 1.54) is 17.7 Å². The molecule has 0 aliphatic carbocycles. The van der Waals surface area contributed by atoms with Crippen molar-refractivity contribution in [1.29, 1.82) is 0 Å². The number of hydrogen-bond donors (Lipinski definition) is 1. The first-order chi connectivity index (χ1) is 7.62. The number of pyridine rings is 1. The summed E-state index contributed by atoms with van der Waals surface area (Å²) in [6.07, 6.45) is 5.13. The molecule has 16 heavy (non-hydrogen) atoms. The summed E-state index contributed by atoms with van der Waals surface area (Å²) in [5.41, 5.74) is 3.07. The van der Waals surface area contributed by atoms with Gasteiger partial charge < -0.3 is 10.2 Å². The van der Waals surface area contributed by atoms with Crippen molar-refractivity contribution in [2.45, 2.75) is 26.8 Å². The minimum absolute atomic E-state index is 0.437. The van der Waals surface area contributed by atoms with Crippen LogP contribution in [0.3, 0.4) is 0 Å². The molecule has 1 N–H and O–H groups in total. The van der Waals surface area contributed by atoms with Crippen molar-refractivity contribution in [3.8, 4) is 0 Å². The molecule has 0 spiro atoms. The fraction of sp³-hybridized carbons (Fsp3) is 0.615. The summed E-state index contributed by atoms with van der Waals surface area (Å²) in [5.74, 6) is 0. The van der Waals surface area contributed by atoms with Crippen LogP contribution in [0.5, 0.6) is 0 Å². The molecule has 1 saturated heterocycles. The smallest absolute Gasteiger partial charge is 0.0598 e. The molecule has 1 aliphatic heterocycles. The molecule has 0 amide bonds. The van der Waals surface area contributed by atoms with E-state index in [9.17, 15) is 0 Å². The van der Waals surface area contributed by atoms with Gasteiger partial charge in [-0.3, -0.25) is 4.98 Å². The van der Waals surface area contributed by atoms with Crippen LogP contribution in [0, 0.1) is 5.41 Å². The Labute approximate surface area is 97.9 Å². The summed E-state index contributed by atoms with van der Waals surface area (Å²) >= 11 is 0. The van der Waals surface area contributed by atoms with Gasteiger partial charge in [-0.25, -0.2) is 0 Å². The maximum absolute atomic E-state index is 4.25. The highest BCUT2D eigenvalue weighted by Gasteiger charge is 2.30. The Kier molecular flexibility index (Phi) is 3.15. The summed E-state index contributed by atoms with van der Waals surface area (Å²) in [6, 6.07) is 2.11. The molecule has 0 bridgehead atoms. The molecule has 2 heterocycles. The van der Waals surface area contributed by atoms with E-state index in [0.29, 0.717) is 5.41 Å². The minimum atomic E-state index is 0.437. The molecule has 1 fully saturated rings. The van der Waals surface area contributed by atoms with E-state index in [2.05, 4.69) is 35.1 Å².